The molecule has 1 heteroatoms. The van der Waals surface area contributed by atoms with Gasteiger partial charge in [0.15, 0.2) is 0 Å². The molecule has 0 N–H and O–H groups in total. The molecule has 1 spiro atoms. The second-order valence-electron chi connectivity index (χ2n) is 12.3. The van der Waals surface area contributed by atoms with Gasteiger partial charge in [-0.3, -0.25) is 0 Å². The molecular formula is C45H33N. The summed E-state index contributed by atoms with van der Waals surface area (Å²) in [6, 6.07) is 43.3. The van der Waals surface area contributed by atoms with Crippen LogP contribution in [0.4, 0.5) is 11.4 Å². The molecule has 9 rings (SSSR count). The molecule has 0 saturated heterocycles. The highest BCUT2D eigenvalue weighted by molar-refractivity contribution is 5.96. The summed E-state index contributed by atoms with van der Waals surface area (Å²) in [5.74, 6) is 0. The molecule has 0 atom stereocenters. The third-order valence-corrected chi connectivity index (χ3v) is 9.91. The number of hydrogen-bond donors (Lipinski definition) is 0. The maximum atomic E-state index is 2.48. The summed E-state index contributed by atoms with van der Waals surface area (Å²) in [4.78, 5) is 2.48. The van der Waals surface area contributed by atoms with E-state index in [1.54, 1.807) is 0 Å². The lowest BCUT2D eigenvalue weighted by Gasteiger charge is -2.45. The number of rotatable bonds is 3. The second-order valence-corrected chi connectivity index (χ2v) is 12.3. The van der Waals surface area contributed by atoms with Crippen LogP contribution in [-0.4, -0.2) is 0 Å². The predicted octanol–water partition coefficient (Wildman–Crippen LogP) is 11.5. The average molecular weight is 588 g/mol. The van der Waals surface area contributed by atoms with Gasteiger partial charge in [-0.05, 0) is 98.8 Å². The quantitative estimate of drug-likeness (QED) is 0.199. The minimum atomic E-state index is -0.490. The summed E-state index contributed by atoms with van der Waals surface area (Å²) in [7, 11) is 0. The van der Waals surface area contributed by atoms with Crippen molar-refractivity contribution in [2.45, 2.75) is 18.3 Å². The SMILES string of the molecule is C1=CCC=C(c2ccc3c(c2)C2(c4cc(-c5ccccc5)ccc4-3)c3ccccc3N(C3=CCC=CC=C3)c3ccccc32)C=C1. The number of benzene rings is 5. The Morgan fingerprint density at radius 2 is 1.04 bits per heavy atom. The Labute approximate surface area is 271 Å². The van der Waals surface area contributed by atoms with Crippen LogP contribution in [-0.2, 0) is 5.41 Å². The standard InChI is InChI=1S/C45H33N/c1-2-7-17-32(16-6-1)34-26-28-37-38-29-27-35(33-18-8-5-9-19-33)31-42(38)45(41(37)30-34)39-22-12-14-24-43(39)46(36-20-10-3-4-11-21-36)44-25-15-13-23-40(44)45/h1-6,8-10,12-31H,7,11H2. The Morgan fingerprint density at radius 3 is 1.76 bits per heavy atom. The van der Waals surface area contributed by atoms with Gasteiger partial charge in [-0.2, -0.15) is 0 Å². The largest absolute Gasteiger partial charge is 0.310 e. The molecule has 0 bridgehead atoms. The van der Waals surface area contributed by atoms with Gasteiger partial charge in [0.2, 0.25) is 0 Å². The van der Waals surface area contributed by atoms with Crippen molar-refractivity contribution in [1.82, 2.24) is 0 Å². The molecule has 0 saturated carbocycles. The van der Waals surface area contributed by atoms with Crippen LogP contribution in [0.15, 0.2) is 182 Å². The number of nitrogens with zero attached hydrogens (tertiary/aromatic N) is 1. The van der Waals surface area contributed by atoms with Gasteiger partial charge in [0.25, 0.3) is 0 Å². The fourth-order valence-corrected chi connectivity index (χ4v) is 7.95. The Kier molecular flexibility index (Phi) is 6.24. The summed E-state index contributed by atoms with van der Waals surface area (Å²) in [6.07, 6.45) is 24.1. The molecule has 0 fully saturated rings. The highest BCUT2D eigenvalue weighted by Crippen LogP contribution is 2.63. The fraction of sp³-hybridized carbons (Fsp3) is 0.0667. The first-order chi connectivity index (χ1) is 22.8. The van der Waals surface area contributed by atoms with E-state index in [4.69, 9.17) is 0 Å². The topological polar surface area (TPSA) is 3.24 Å². The average Bonchev–Trinajstić information content (AvgIpc) is 3.41. The van der Waals surface area contributed by atoms with Crippen molar-refractivity contribution in [1.29, 1.82) is 0 Å². The maximum Gasteiger partial charge on any atom is 0.0754 e. The number of para-hydroxylation sites is 2. The molecule has 0 amide bonds. The normalized spacial score (nSPS) is 16.6. The van der Waals surface area contributed by atoms with E-state index in [0.29, 0.717) is 0 Å². The maximum absolute atomic E-state index is 2.48. The van der Waals surface area contributed by atoms with Crippen molar-refractivity contribution in [3.8, 4) is 22.3 Å². The summed E-state index contributed by atoms with van der Waals surface area (Å²) < 4.78 is 0. The first kappa shape index (κ1) is 26.7. The Bertz CT molecular complexity index is 2150. The molecule has 46 heavy (non-hydrogen) atoms. The zero-order chi connectivity index (χ0) is 30.5. The first-order valence-corrected chi connectivity index (χ1v) is 16.2. The molecule has 1 heterocycles. The lowest BCUT2D eigenvalue weighted by molar-refractivity contribution is 0.749. The lowest BCUT2D eigenvalue weighted by atomic mass is 9.64. The minimum absolute atomic E-state index is 0.490. The van der Waals surface area contributed by atoms with Crippen LogP contribution in [0.5, 0.6) is 0 Å². The first-order valence-electron chi connectivity index (χ1n) is 16.2. The van der Waals surface area contributed by atoms with Crippen LogP contribution in [0.2, 0.25) is 0 Å². The lowest BCUT2D eigenvalue weighted by Crippen LogP contribution is -2.37. The van der Waals surface area contributed by atoms with Gasteiger partial charge >= 0.3 is 0 Å². The Balaban J connectivity index is 1.38. The molecule has 218 valence electrons. The van der Waals surface area contributed by atoms with E-state index in [9.17, 15) is 0 Å². The monoisotopic (exact) mass is 587 g/mol. The molecule has 1 aliphatic heterocycles. The Hall–Kier alpha value is -5.66. The molecule has 0 unspecified atom stereocenters. The van der Waals surface area contributed by atoms with Gasteiger partial charge in [-0.25, -0.2) is 0 Å². The van der Waals surface area contributed by atoms with Crippen molar-refractivity contribution in [2.24, 2.45) is 0 Å². The fourth-order valence-electron chi connectivity index (χ4n) is 7.95. The van der Waals surface area contributed by atoms with Crippen LogP contribution in [0, 0.1) is 0 Å². The van der Waals surface area contributed by atoms with Crippen LogP contribution in [0.25, 0.3) is 27.8 Å². The van der Waals surface area contributed by atoms with Gasteiger partial charge in [-0.1, -0.05) is 146 Å². The summed E-state index contributed by atoms with van der Waals surface area (Å²) >= 11 is 0. The van der Waals surface area contributed by atoms with E-state index < -0.39 is 5.41 Å². The van der Waals surface area contributed by atoms with E-state index in [-0.39, 0.29) is 0 Å². The highest BCUT2D eigenvalue weighted by atomic mass is 15.2. The zero-order valence-electron chi connectivity index (χ0n) is 25.6. The molecule has 0 aromatic heterocycles. The van der Waals surface area contributed by atoms with Crippen molar-refractivity contribution < 1.29 is 0 Å². The van der Waals surface area contributed by atoms with E-state index in [1.807, 2.05) is 0 Å². The van der Waals surface area contributed by atoms with Gasteiger partial charge in [-0.15, -0.1) is 0 Å². The molecule has 3 aliphatic carbocycles. The van der Waals surface area contributed by atoms with Gasteiger partial charge in [0.05, 0.1) is 16.8 Å². The third-order valence-electron chi connectivity index (χ3n) is 9.91. The summed E-state index contributed by atoms with van der Waals surface area (Å²) in [5.41, 5.74) is 16.1. The molecule has 5 aromatic carbocycles. The second kappa shape index (κ2) is 10.8. The minimum Gasteiger partial charge on any atom is -0.310 e. The zero-order valence-corrected chi connectivity index (χ0v) is 25.6. The molecule has 1 nitrogen and oxygen atoms in total. The number of anilines is 2. The number of fused-ring (bicyclic) bond motifs is 9. The highest BCUT2D eigenvalue weighted by Gasteiger charge is 2.52. The van der Waals surface area contributed by atoms with E-state index >= 15 is 0 Å². The summed E-state index contributed by atoms with van der Waals surface area (Å²) in [6.45, 7) is 0. The number of hydrogen-bond acceptors (Lipinski definition) is 1. The van der Waals surface area contributed by atoms with Gasteiger partial charge in [0.1, 0.15) is 0 Å². The van der Waals surface area contributed by atoms with Gasteiger partial charge in [0, 0.05) is 5.70 Å². The predicted molar refractivity (Wildman–Crippen MR) is 193 cm³/mol. The van der Waals surface area contributed by atoms with E-state index in [2.05, 4.69) is 181 Å². The molecule has 0 radical (unpaired) electrons. The van der Waals surface area contributed by atoms with E-state index in [1.165, 1.54) is 72.7 Å². The number of allylic oxidation sites excluding steroid dienone is 11. The molecule has 4 aliphatic rings. The van der Waals surface area contributed by atoms with Crippen LogP contribution in [0.1, 0.15) is 40.7 Å². The molecular weight excluding hydrogens is 555 g/mol. The van der Waals surface area contributed by atoms with E-state index in [0.717, 1.165) is 12.8 Å². The van der Waals surface area contributed by atoms with Gasteiger partial charge < -0.3 is 4.90 Å². The third kappa shape index (κ3) is 3.95. The van der Waals surface area contributed by atoms with Crippen molar-refractivity contribution in [3.63, 3.8) is 0 Å². The van der Waals surface area contributed by atoms with Crippen molar-refractivity contribution in [3.05, 3.63) is 210 Å². The smallest absolute Gasteiger partial charge is 0.0754 e. The van der Waals surface area contributed by atoms with Crippen molar-refractivity contribution in [2.75, 3.05) is 4.90 Å². The van der Waals surface area contributed by atoms with Crippen molar-refractivity contribution >= 4 is 16.9 Å². The summed E-state index contributed by atoms with van der Waals surface area (Å²) in [5, 5.41) is 0. The molecule has 5 aromatic rings. The van der Waals surface area contributed by atoms with Crippen LogP contribution >= 0.6 is 0 Å². The van der Waals surface area contributed by atoms with Crippen LogP contribution < -0.4 is 4.90 Å². The Morgan fingerprint density at radius 1 is 0.457 bits per heavy atom. The van der Waals surface area contributed by atoms with Crippen LogP contribution in [0.3, 0.4) is 0 Å².